The van der Waals surface area contributed by atoms with Crippen LogP contribution in [0, 0.1) is 0 Å². The molecule has 1 amide bonds. The average molecular weight is 398 g/mol. The minimum Gasteiger partial charge on any atom is -0.399 e. The highest BCUT2D eigenvalue weighted by atomic mass is 35.5. The van der Waals surface area contributed by atoms with Gasteiger partial charge in [0.2, 0.25) is 0 Å². The Morgan fingerprint density at radius 3 is 2.38 bits per heavy atom. The number of hydrogen-bond donors (Lipinski definition) is 2. The van der Waals surface area contributed by atoms with Gasteiger partial charge in [-0.1, -0.05) is 18.2 Å². The molecule has 2 unspecified atom stereocenters. The van der Waals surface area contributed by atoms with Crippen molar-refractivity contribution in [3.8, 4) is 0 Å². The van der Waals surface area contributed by atoms with Crippen LogP contribution in [0.2, 0.25) is 0 Å². The molecule has 0 radical (unpaired) electrons. The van der Waals surface area contributed by atoms with Crippen LogP contribution in [-0.2, 0) is 4.74 Å². The van der Waals surface area contributed by atoms with Gasteiger partial charge in [0.25, 0.3) is 5.91 Å². The van der Waals surface area contributed by atoms with E-state index in [0.29, 0.717) is 11.3 Å². The van der Waals surface area contributed by atoms with E-state index >= 15 is 0 Å². The molecule has 0 bridgehead atoms. The van der Waals surface area contributed by atoms with Gasteiger partial charge >= 0.3 is 0 Å². The van der Waals surface area contributed by atoms with Crippen LogP contribution in [0.3, 0.4) is 0 Å². The number of nitrogens with two attached hydrogens (primary N) is 1. The average Bonchev–Trinajstić information content (AvgIpc) is 2.54. The maximum Gasteiger partial charge on any atom is 0.255 e. The molecule has 1 aliphatic rings. The Labute approximate surface area is 166 Å². The summed E-state index contributed by atoms with van der Waals surface area (Å²) in [6, 6.07) is 14.8. The second-order valence-corrected chi connectivity index (χ2v) is 6.26. The van der Waals surface area contributed by atoms with Gasteiger partial charge in [0.05, 0.1) is 23.6 Å². The van der Waals surface area contributed by atoms with Crippen LogP contribution in [0.15, 0.2) is 48.5 Å². The third kappa shape index (κ3) is 5.27. The summed E-state index contributed by atoms with van der Waals surface area (Å²) in [4.78, 5) is 14.8. The monoisotopic (exact) mass is 397 g/mol. The highest BCUT2D eigenvalue weighted by molar-refractivity contribution is 6.06. The number of rotatable bonds is 3. The van der Waals surface area contributed by atoms with Crippen LogP contribution in [0.5, 0.6) is 0 Å². The third-order valence-corrected chi connectivity index (χ3v) is 4.06. The Hall–Kier alpha value is -1.95. The number of morpholine rings is 1. The highest BCUT2D eigenvalue weighted by Crippen LogP contribution is 2.29. The van der Waals surface area contributed by atoms with Crippen LogP contribution >= 0.6 is 24.8 Å². The second kappa shape index (κ2) is 9.67. The molecule has 26 heavy (non-hydrogen) atoms. The summed E-state index contributed by atoms with van der Waals surface area (Å²) in [7, 11) is 0. The second-order valence-electron chi connectivity index (χ2n) is 6.26. The Morgan fingerprint density at radius 1 is 1.08 bits per heavy atom. The summed E-state index contributed by atoms with van der Waals surface area (Å²) in [5, 5.41) is 3.00. The van der Waals surface area contributed by atoms with E-state index in [2.05, 4.69) is 24.1 Å². The number of hydrogen-bond acceptors (Lipinski definition) is 4. The van der Waals surface area contributed by atoms with E-state index in [9.17, 15) is 4.79 Å². The van der Waals surface area contributed by atoms with Gasteiger partial charge in [-0.25, -0.2) is 0 Å². The Bertz CT molecular complexity index is 732. The van der Waals surface area contributed by atoms with Crippen molar-refractivity contribution < 1.29 is 9.53 Å². The molecule has 0 spiro atoms. The molecule has 7 heteroatoms. The van der Waals surface area contributed by atoms with Crippen molar-refractivity contribution in [2.75, 3.05) is 29.0 Å². The standard InChI is InChI=1S/C19H23N3O2.2ClH/c1-13-11-22(12-14(2)24-13)18-9-4-3-8-17(18)21-19(23)15-6-5-7-16(20)10-15;;/h3-10,13-14H,11-12,20H2,1-2H3,(H,21,23);2*1H. The molecule has 1 saturated heterocycles. The molecule has 0 aromatic heterocycles. The smallest absolute Gasteiger partial charge is 0.255 e. The molecule has 1 fully saturated rings. The molecule has 0 aliphatic carbocycles. The van der Waals surface area contributed by atoms with Gasteiger partial charge < -0.3 is 20.7 Å². The largest absolute Gasteiger partial charge is 0.399 e. The fourth-order valence-electron chi connectivity index (χ4n) is 3.10. The van der Waals surface area contributed by atoms with E-state index in [1.165, 1.54) is 0 Å². The van der Waals surface area contributed by atoms with Crippen molar-refractivity contribution in [2.45, 2.75) is 26.1 Å². The van der Waals surface area contributed by atoms with E-state index in [4.69, 9.17) is 10.5 Å². The fourth-order valence-corrected chi connectivity index (χ4v) is 3.10. The zero-order valence-corrected chi connectivity index (χ0v) is 16.5. The van der Waals surface area contributed by atoms with Gasteiger partial charge in [-0.3, -0.25) is 4.79 Å². The van der Waals surface area contributed by atoms with Crippen molar-refractivity contribution in [2.24, 2.45) is 0 Å². The topological polar surface area (TPSA) is 67.6 Å². The van der Waals surface area contributed by atoms with Gasteiger partial charge in [0, 0.05) is 24.3 Å². The molecule has 1 aliphatic heterocycles. The van der Waals surface area contributed by atoms with Crippen molar-refractivity contribution >= 4 is 47.8 Å². The van der Waals surface area contributed by atoms with Gasteiger partial charge in [-0.05, 0) is 44.2 Å². The number of nitrogens with zero attached hydrogens (tertiary/aromatic N) is 1. The summed E-state index contributed by atoms with van der Waals surface area (Å²) >= 11 is 0. The number of carbonyl (C=O) groups excluding carboxylic acids is 1. The number of nitrogen functional groups attached to an aromatic ring is 1. The molecule has 5 nitrogen and oxygen atoms in total. The molecule has 0 saturated carbocycles. The summed E-state index contributed by atoms with van der Waals surface area (Å²) < 4.78 is 5.80. The highest BCUT2D eigenvalue weighted by Gasteiger charge is 2.24. The number of nitrogens with one attached hydrogen (secondary N) is 1. The van der Waals surface area contributed by atoms with Gasteiger partial charge in [0.15, 0.2) is 0 Å². The van der Waals surface area contributed by atoms with E-state index < -0.39 is 0 Å². The number of carbonyl (C=O) groups is 1. The number of halogens is 2. The van der Waals surface area contributed by atoms with Crippen molar-refractivity contribution in [1.82, 2.24) is 0 Å². The van der Waals surface area contributed by atoms with Crippen molar-refractivity contribution in [3.63, 3.8) is 0 Å². The van der Waals surface area contributed by atoms with Crippen LogP contribution in [0.1, 0.15) is 24.2 Å². The van der Waals surface area contributed by atoms with Crippen LogP contribution in [-0.4, -0.2) is 31.2 Å². The minimum atomic E-state index is -0.163. The molecular formula is C19H25Cl2N3O2. The fraction of sp³-hybridized carbons (Fsp3) is 0.316. The first-order chi connectivity index (χ1) is 11.5. The quantitative estimate of drug-likeness (QED) is 0.768. The lowest BCUT2D eigenvalue weighted by Gasteiger charge is -2.37. The van der Waals surface area contributed by atoms with Gasteiger partial charge in [-0.15, -0.1) is 24.8 Å². The lowest BCUT2D eigenvalue weighted by Crippen LogP contribution is -2.45. The van der Waals surface area contributed by atoms with Gasteiger partial charge in [-0.2, -0.15) is 0 Å². The number of para-hydroxylation sites is 2. The lowest BCUT2D eigenvalue weighted by molar-refractivity contribution is -0.00517. The van der Waals surface area contributed by atoms with Crippen LogP contribution in [0.25, 0.3) is 0 Å². The van der Waals surface area contributed by atoms with E-state index in [-0.39, 0.29) is 42.9 Å². The van der Waals surface area contributed by atoms with E-state index in [1.54, 1.807) is 24.3 Å². The summed E-state index contributed by atoms with van der Waals surface area (Å²) in [6.07, 6.45) is 0.317. The Morgan fingerprint density at radius 2 is 1.73 bits per heavy atom. The lowest BCUT2D eigenvalue weighted by atomic mass is 10.1. The predicted octanol–water partition coefficient (Wildman–Crippen LogP) is 3.98. The molecule has 2 aromatic rings. The first-order valence-corrected chi connectivity index (χ1v) is 8.19. The van der Waals surface area contributed by atoms with Crippen LogP contribution < -0.4 is 16.0 Å². The molecule has 142 valence electrons. The van der Waals surface area contributed by atoms with Crippen molar-refractivity contribution in [3.05, 3.63) is 54.1 Å². The summed E-state index contributed by atoms with van der Waals surface area (Å²) in [5.41, 5.74) is 8.70. The first kappa shape index (κ1) is 22.1. The maximum absolute atomic E-state index is 12.5. The number of benzene rings is 2. The summed E-state index contributed by atoms with van der Waals surface area (Å²) in [6.45, 7) is 5.73. The SMILES string of the molecule is CC1CN(c2ccccc2NC(=O)c2cccc(N)c2)CC(C)O1.Cl.Cl. The van der Waals surface area contributed by atoms with E-state index in [1.807, 2.05) is 24.3 Å². The maximum atomic E-state index is 12.5. The molecule has 3 N–H and O–H groups in total. The predicted molar refractivity (Wildman–Crippen MR) is 112 cm³/mol. The normalized spacial score (nSPS) is 19.1. The van der Waals surface area contributed by atoms with Gasteiger partial charge in [0.1, 0.15) is 0 Å². The van der Waals surface area contributed by atoms with E-state index in [0.717, 1.165) is 24.5 Å². The van der Waals surface area contributed by atoms with Crippen molar-refractivity contribution in [1.29, 1.82) is 0 Å². The number of amides is 1. The molecule has 3 rings (SSSR count). The number of ether oxygens (including phenoxy) is 1. The minimum absolute atomic E-state index is 0. The molecule has 2 aromatic carbocycles. The summed E-state index contributed by atoms with van der Waals surface area (Å²) in [5.74, 6) is -0.163. The Kier molecular flexibility index (Phi) is 8.21. The Balaban J connectivity index is 0.00000169. The third-order valence-electron chi connectivity index (χ3n) is 4.06. The number of anilines is 3. The zero-order valence-electron chi connectivity index (χ0n) is 14.8. The zero-order chi connectivity index (χ0) is 17.1. The molecule has 2 atom stereocenters. The first-order valence-electron chi connectivity index (χ1n) is 8.19. The van der Waals surface area contributed by atoms with Crippen LogP contribution in [0.4, 0.5) is 17.1 Å². The molecule has 1 heterocycles. The molecular weight excluding hydrogens is 373 g/mol.